The van der Waals surface area contributed by atoms with Crippen molar-refractivity contribution in [3.05, 3.63) is 0 Å². The number of likely N-dealkylation sites (N-methyl/N-ethyl adjacent to an activating group) is 1. The van der Waals surface area contributed by atoms with Crippen LogP contribution in [0.1, 0.15) is 32.6 Å². The van der Waals surface area contributed by atoms with Gasteiger partial charge in [0.1, 0.15) is 0 Å². The summed E-state index contributed by atoms with van der Waals surface area (Å²) >= 11 is 0. The summed E-state index contributed by atoms with van der Waals surface area (Å²) in [6, 6.07) is 0. The van der Waals surface area contributed by atoms with Crippen LogP contribution in [-0.4, -0.2) is 36.8 Å². The van der Waals surface area contributed by atoms with E-state index in [9.17, 15) is 9.90 Å². The number of rotatable bonds is 4. The highest BCUT2D eigenvalue weighted by Gasteiger charge is 2.31. The molecule has 3 N–H and O–H groups in total. The molecule has 1 saturated carbocycles. The van der Waals surface area contributed by atoms with Gasteiger partial charge in [-0.05, 0) is 38.6 Å². The first kappa shape index (κ1) is 12.5. The van der Waals surface area contributed by atoms with Gasteiger partial charge in [0.2, 0.25) is 5.91 Å². The molecule has 1 aliphatic carbocycles. The summed E-state index contributed by atoms with van der Waals surface area (Å²) in [7, 11) is 1.73. The quantitative estimate of drug-likeness (QED) is 0.629. The van der Waals surface area contributed by atoms with Gasteiger partial charge in [-0.15, -0.1) is 0 Å². The Morgan fingerprint density at radius 1 is 1.47 bits per heavy atom. The topological polar surface area (TPSA) is 61.4 Å². The Labute approximate surface area is 91.4 Å². The SMILES string of the molecule is CNCC(=O)NCC1(O)CCC(C)CC1. The van der Waals surface area contributed by atoms with Gasteiger partial charge in [-0.25, -0.2) is 0 Å². The fourth-order valence-corrected chi connectivity index (χ4v) is 1.96. The second-order valence-electron chi connectivity index (χ2n) is 4.71. The summed E-state index contributed by atoms with van der Waals surface area (Å²) in [6.45, 7) is 2.91. The van der Waals surface area contributed by atoms with Crippen molar-refractivity contribution in [3.63, 3.8) is 0 Å². The Hall–Kier alpha value is -0.610. The number of amides is 1. The van der Waals surface area contributed by atoms with Crippen LogP contribution in [0.15, 0.2) is 0 Å². The lowest BCUT2D eigenvalue weighted by molar-refractivity contribution is -0.121. The van der Waals surface area contributed by atoms with Crippen molar-refractivity contribution >= 4 is 5.91 Å². The zero-order valence-corrected chi connectivity index (χ0v) is 9.68. The maximum absolute atomic E-state index is 11.2. The minimum Gasteiger partial charge on any atom is -0.388 e. The van der Waals surface area contributed by atoms with Crippen LogP contribution in [0.25, 0.3) is 0 Å². The number of aliphatic hydroxyl groups is 1. The fraction of sp³-hybridized carbons (Fsp3) is 0.909. The molecule has 4 nitrogen and oxygen atoms in total. The lowest BCUT2D eigenvalue weighted by atomic mass is 9.79. The van der Waals surface area contributed by atoms with Crippen LogP contribution in [0.3, 0.4) is 0 Å². The van der Waals surface area contributed by atoms with Crippen molar-refractivity contribution in [2.45, 2.75) is 38.2 Å². The van der Waals surface area contributed by atoms with Gasteiger partial charge in [-0.2, -0.15) is 0 Å². The highest BCUT2D eigenvalue weighted by Crippen LogP contribution is 2.31. The molecule has 1 rings (SSSR count). The van der Waals surface area contributed by atoms with Gasteiger partial charge in [0.05, 0.1) is 12.1 Å². The number of hydrogen-bond acceptors (Lipinski definition) is 3. The molecule has 1 aliphatic rings. The maximum Gasteiger partial charge on any atom is 0.234 e. The zero-order chi connectivity index (χ0) is 11.3. The molecule has 0 saturated heterocycles. The van der Waals surface area contributed by atoms with Gasteiger partial charge in [-0.3, -0.25) is 4.79 Å². The molecule has 0 radical (unpaired) electrons. The number of carbonyl (C=O) groups is 1. The molecular weight excluding hydrogens is 192 g/mol. The van der Waals surface area contributed by atoms with E-state index in [4.69, 9.17) is 0 Å². The maximum atomic E-state index is 11.2. The molecule has 0 aromatic rings. The third-order valence-electron chi connectivity index (χ3n) is 3.16. The third kappa shape index (κ3) is 4.18. The first-order chi connectivity index (χ1) is 7.06. The summed E-state index contributed by atoms with van der Waals surface area (Å²) in [5.74, 6) is 0.655. The van der Waals surface area contributed by atoms with E-state index in [0.717, 1.165) is 25.7 Å². The molecule has 15 heavy (non-hydrogen) atoms. The van der Waals surface area contributed by atoms with E-state index < -0.39 is 5.60 Å². The van der Waals surface area contributed by atoms with Gasteiger partial charge in [0, 0.05) is 6.54 Å². The molecule has 0 spiro atoms. The smallest absolute Gasteiger partial charge is 0.234 e. The van der Waals surface area contributed by atoms with E-state index in [2.05, 4.69) is 17.6 Å². The van der Waals surface area contributed by atoms with Crippen LogP contribution in [-0.2, 0) is 4.79 Å². The summed E-state index contributed by atoms with van der Waals surface area (Å²) in [4.78, 5) is 11.2. The monoisotopic (exact) mass is 214 g/mol. The first-order valence-electron chi connectivity index (χ1n) is 5.69. The summed E-state index contributed by atoms with van der Waals surface area (Å²) in [6.07, 6.45) is 3.71. The highest BCUT2D eigenvalue weighted by molar-refractivity contribution is 5.77. The third-order valence-corrected chi connectivity index (χ3v) is 3.16. The minimum atomic E-state index is -0.671. The van der Waals surface area contributed by atoms with Crippen LogP contribution in [0.4, 0.5) is 0 Å². The first-order valence-corrected chi connectivity index (χ1v) is 5.69. The standard InChI is InChI=1S/C11H22N2O2/c1-9-3-5-11(15,6-4-9)8-13-10(14)7-12-2/h9,12,15H,3-8H2,1-2H3,(H,13,14). The molecular formula is C11H22N2O2. The van der Waals surface area contributed by atoms with Crippen LogP contribution in [0.5, 0.6) is 0 Å². The predicted octanol–water partition coefficient (Wildman–Crippen LogP) is 0.263. The van der Waals surface area contributed by atoms with Gasteiger partial charge >= 0.3 is 0 Å². The lowest BCUT2D eigenvalue weighted by Gasteiger charge is -2.34. The van der Waals surface area contributed by atoms with Gasteiger partial charge in [0.15, 0.2) is 0 Å². The van der Waals surface area contributed by atoms with Crippen molar-refractivity contribution in [2.75, 3.05) is 20.1 Å². The second-order valence-corrected chi connectivity index (χ2v) is 4.71. The van der Waals surface area contributed by atoms with Crippen molar-refractivity contribution in [1.82, 2.24) is 10.6 Å². The number of hydrogen-bond donors (Lipinski definition) is 3. The average Bonchev–Trinajstić information content (AvgIpc) is 2.21. The normalized spacial score (nSPS) is 31.3. The molecule has 0 atom stereocenters. The van der Waals surface area contributed by atoms with Crippen molar-refractivity contribution in [1.29, 1.82) is 0 Å². The molecule has 88 valence electrons. The van der Waals surface area contributed by atoms with Gasteiger partial charge in [0.25, 0.3) is 0 Å². The summed E-state index contributed by atoms with van der Waals surface area (Å²) in [5, 5.41) is 15.7. The summed E-state index contributed by atoms with van der Waals surface area (Å²) < 4.78 is 0. The van der Waals surface area contributed by atoms with E-state index in [-0.39, 0.29) is 5.91 Å². The largest absolute Gasteiger partial charge is 0.388 e. The van der Waals surface area contributed by atoms with Crippen LogP contribution >= 0.6 is 0 Å². The Morgan fingerprint density at radius 2 is 2.07 bits per heavy atom. The van der Waals surface area contributed by atoms with Crippen molar-refractivity contribution in [2.24, 2.45) is 5.92 Å². The van der Waals surface area contributed by atoms with Gasteiger partial charge in [-0.1, -0.05) is 6.92 Å². The van der Waals surface area contributed by atoms with E-state index in [0.29, 0.717) is 19.0 Å². The Balaban J connectivity index is 2.27. The van der Waals surface area contributed by atoms with Crippen LogP contribution in [0.2, 0.25) is 0 Å². The number of nitrogens with one attached hydrogen (secondary N) is 2. The van der Waals surface area contributed by atoms with Crippen molar-refractivity contribution in [3.8, 4) is 0 Å². The molecule has 0 aromatic carbocycles. The van der Waals surface area contributed by atoms with E-state index in [1.807, 2.05) is 0 Å². The average molecular weight is 214 g/mol. The molecule has 0 unspecified atom stereocenters. The molecule has 4 heteroatoms. The molecule has 0 heterocycles. The Bertz CT molecular complexity index is 211. The number of carbonyl (C=O) groups excluding carboxylic acids is 1. The summed E-state index contributed by atoms with van der Waals surface area (Å²) in [5.41, 5.74) is -0.671. The lowest BCUT2D eigenvalue weighted by Crippen LogP contribution is -2.46. The highest BCUT2D eigenvalue weighted by atomic mass is 16.3. The molecule has 0 bridgehead atoms. The Morgan fingerprint density at radius 3 is 2.60 bits per heavy atom. The zero-order valence-electron chi connectivity index (χ0n) is 9.68. The van der Waals surface area contributed by atoms with E-state index in [1.54, 1.807) is 7.05 Å². The second kappa shape index (κ2) is 5.47. The van der Waals surface area contributed by atoms with Crippen LogP contribution < -0.4 is 10.6 Å². The van der Waals surface area contributed by atoms with Crippen LogP contribution in [0, 0.1) is 5.92 Å². The predicted molar refractivity (Wildman–Crippen MR) is 59.5 cm³/mol. The van der Waals surface area contributed by atoms with Crippen molar-refractivity contribution < 1.29 is 9.90 Å². The molecule has 0 aliphatic heterocycles. The fourth-order valence-electron chi connectivity index (χ4n) is 1.96. The molecule has 0 aromatic heterocycles. The Kier molecular flexibility index (Phi) is 4.54. The molecule has 1 amide bonds. The van der Waals surface area contributed by atoms with E-state index >= 15 is 0 Å². The van der Waals surface area contributed by atoms with Gasteiger partial charge < -0.3 is 15.7 Å². The minimum absolute atomic E-state index is 0.0513. The molecule has 1 fully saturated rings. The van der Waals surface area contributed by atoms with E-state index in [1.165, 1.54) is 0 Å².